The van der Waals surface area contributed by atoms with Crippen LogP contribution in [0.2, 0.25) is 0 Å². The standard InChI is InChI=1S/C40H29N5/c1-27(29-14-5-3-6-15-29)41-40(42-28(2)30-16-7-4-8-17-30)31-18-13-19-32(26-31)45-35-21-10-9-20-33(35)34-23-24-36-38(39(34)45)43-37-22-11-12-25-44(36)37/h3-26H,1H2,2H3/b41-40-,42-28+. The fourth-order valence-corrected chi connectivity index (χ4v) is 6.11. The number of nitrogens with zero attached hydrogens (tertiary/aromatic N) is 5. The van der Waals surface area contributed by atoms with Crippen LogP contribution in [0.3, 0.4) is 0 Å². The van der Waals surface area contributed by atoms with Gasteiger partial charge in [0.15, 0.2) is 5.84 Å². The lowest BCUT2D eigenvalue weighted by Crippen LogP contribution is -2.05. The Hall–Kier alpha value is -6.07. The van der Waals surface area contributed by atoms with Gasteiger partial charge in [-0.15, -0.1) is 0 Å². The molecule has 0 amide bonds. The van der Waals surface area contributed by atoms with Gasteiger partial charge in [0.05, 0.1) is 22.2 Å². The fraction of sp³-hybridized carbons (Fsp3) is 0.0250. The molecule has 0 aliphatic carbocycles. The number of hydrogen-bond donors (Lipinski definition) is 0. The second-order valence-electron chi connectivity index (χ2n) is 11.1. The summed E-state index contributed by atoms with van der Waals surface area (Å²) in [6.45, 7) is 6.33. The van der Waals surface area contributed by atoms with Gasteiger partial charge in [-0.2, -0.15) is 0 Å². The van der Waals surface area contributed by atoms with Crippen LogP contribution in [0.25, 0.3) is 49.9 Å². The van der Waals surface area contributed by atoms with Crippen molar-refractivity contribution in [3.63, 3.8) is 0 Å². The van der Waals surface area contributed by atoms with E-state index in [4.69, 9.17) is 15.0 Å². The quantitative estimate of drug-likeness (QED) is 0.148. The largest absolute Gasteiger partial charge is 0.307 e. The van der Waals surface area contributed by atoms with E-state index < -0.39 is 0 Å². The Kier molecular flexibility index (Phi) is 6.42. The average molecular weight is 580 g/mol. The smallest absolute Gasteiger partial charge is 0.160 e. The summed E-state index contributed by atoms with van der Waals surface area (Å²) < 4.78 is 4.47. The summed E-state index contributed by atoms with van der Waals surface area (Å²) in [4.78, 5) is 15.2. The van der Waals surface area contributed by atoms with Gasteiger partial charge >= 0.3 is 0 Å². The van der Waals surface area contributed by atoms with E-state index in [9.17, 15) is 0 Å². The van der Waals surface area contributed by atoms with Crippen molar-refractivity contribution in [2.24, 2.45) is 9.98 Å². The van der Waals surface area contributed by atoms with Crippen LogP contribution < -0.4 is 0 Å². The molecule has 5 heteroatoms. The molecule has 5 nitrogen and oxygen atoms in total. The molecule has 0 aliphatic rings. The summed E-state index contributed by atoms with van der Waals surface area (Å²) >= 11 is 0. The van der Waals surface area contributed by atoms with Gasteiger partial charge in [0.1, 0.15) is 11.2 Å². The van der Waals surface area contributed by atoms with E-state index in [2.05, 4.69) is 101 Å². The van der Waals surface area contributed by atoms with E-state index in [1.54, 1.807) is 0 Å². The highest BCUT2D eigenvalue weighted by Gasteiger charge is 2.18. The predicted octanol–water partition coefficient (Wildman–Crippen LogP) is 9.51. The lowest BCUT2D eigenvalue weighted by Gasteiger charge is -2.12. The second kappa shape index (κ2) is 10.9. The minimum atomic E-state index is 0.603. The van der Waals surface area contributed by atoms with Gasteiger partial charge in [-0.1, -0.05) is 104 Å². The number of pyridine rings is 1. The van der Waals surface area contributed by atoms with Crippen molar-refractivity contribution in [2.75, 3.05) is 0 Å². The van der Waals surface area contributed by atoms with Gasteiger partial charge < -0.3 is 4.57 Å². The molecule has 0 spiro atoms. The van der Waals surface area contributed by atoms with E-state index in [1.165, 1.54) is 5.39 Å². The molecule has 0 saturated heterocycles. The number of amidine groups is 1. The van der Waals surface area contributed by atoms with E-state index in [0.717, 1.165) is 61.2 Å². The van der Waals surface area contributed by atoms with Crippen LogP contribution in [0.5, 0.6) is 0 Å². The molecule has 0 bridgehead atoms. The van der Waals surface area contributed by atoms with Crippen molar-refractivity contribution >= 4 is 55.7 Å². The molecule has 0 radical (unpaired) electrons. The third-order valence-corrected chi connectivity index (χ3v) is 8.29. The maximum absolute atomic E-state index is 5.11. The maximum atomic E-state index is 5.11. The third kappa shape index (κ3) is 4.62. The summed E-state index contributed by atoms with van der Waals surface area (Å²) in [5, 5.41) is 2.34. The van der Waals surface area contributed by atoms with Gasteiger partial charge in [0.25, 0.3) is 0 Å². The molecule has 8 aromatic rings. The van der Waals surface area contributed by atoms with Crippen LogP contribution >= 0.6 is 0 Å². The Morgan fingerprint density at radius 1 is 0.622 bits per heavy atom. The van der Waals surface area contributed by atoms with Crippen LogP contribution in [0.1, 0.15) is 23.6 Å². The van der Waals surface area contributed by atoms with Crippen molar-refractivity contribution in [1.82, 2.24) is 14.0 Å². The summed E-state index contributed by atoms with van der Waals surface area (Å²) in [6, 6.07) is 47.7. The molecule has 3 aromatic heterocycles. The van der Waals surface area contributed by atoms with E-state index >= 15 is 0 Å². The number of fused-ring (bicyclic) bond motifs is 7. The number of benzene rings is 5. The SMILES string of the molecule is C=C(/N=C(\N=C(/C)c1ccccc1)c1cccc(-n2c3ccccc3c3ccc4c(nc5ccccn54)c32)c1)c1ccccc1. The molecule has 0 atom stereocenters. The number of aliphatic imine (C=N–C) groups is 2. The number of imidazole rings is 1. The molecule has 0 unspecified atom stereocenters. The molecule has 0 saturated carbocycles. The van der Waals surface area contributed by atoms with Crippen LogP contribution in [0.4, 0.5) is 0 Å². The molecule has 45 heavy (non-hydrogen) atoms. The van der Waals surface area contributed by atoms with Crippen molar-refractivity contribution in [3.8, 4) is 5.69 Å². The first-order valence-corrected chi connectivity index (χ1v) is 15.0. The topological polar surface area (TPSA) is 47.0 Å². The normalized spacial score (nSPS) is 12.5. The van der Waals surface area contributed by atoms with Crippen LogP contribution in [0.15, 0.2) is 162 Å². The second-order valence-corrected chi connectivity index (χ2v) is 11.1. The summed E-state index contributed by atoms with van der Waals surface area (Å²) in [5.41, 5.74) is 10.6. The van der Waals surface area contributed by atoms with Crippen molar-refractivity contribution < 1.29 is 0 Å². The van der Waals surface area contributed by atoms with Crippen molar-refractivity contribution in [1.29, 1.82) is 0 Å². The number of para-hydroxylation sites is 1. The molecule has 8 rings (SSSR count). The Balaban J connectivity index is 1.36. The van der Waals surface area contributed by atoms with Gasteiger partial charge in [-0.3, -0.25) is 4.40 Å². The summed E-state index contributed by atoms with van der Waals surface area (Å²) in [7, 11) is 0. The fourth-order valence-electron chi connectivity index (χ4n) is 6.11. The highest BCUT2D eigenvalue weighted by atomic mass is 15.0. The minimum absolute atomic E-state index is 0.603. The monoisotopic (exact) mass is 579 g/mol. The highest BCUT2D eigenvalue weighted by Crippen LogP contribution is 2.36. The first-order valence-electron chi connectivity index (χ1n) is 15.0. The minimum Gasteiger partial charge on any atom is -0.307 e. The van der Waals surface area contributed by atoms with Crippen LogP contribution in [-0.4, -0.2) is 25.5 Å². The Morgan fingerprint density at radius 2 is 1.33 bits per heavy atom. The van der Waals surface area contributed by atoms with Crippen molar-refractivity contribution in [3.05, 3.63) is 169 Å². The Bertz CT molecular complexity index is 2440. The summed E-state index contributed by atoms with van der Waals surface area (Å²) in [6.07, 6.45) is 2.07. The molecule has 5 aromatic carbocycles. The summed E-state index contributed by atoms with van der Waals surface area (Å²) in [5.74, 6) is 0.603. The first kappa shape index (κ1) is 26.5. The zero-order chi connectivity index (χ0) is 30.3. The number of aromatic nitrogens is 3. The van der Waals surface area contributed by atoms with Gasteiger partial charge in [0, 0.05) is 33.9 Å². The molecule has 3 heterocycles. The Labute approximate surface area is 260 Å². The van der Waals surface area contributed by atoms with Crippen LogP contribution in [0, 0.1) is 0 Å². The van der Waals surface area contributed by atoms with Crippen molar-refractivity contribution in [2.45, 2.75) is 6.92 Å². The highest BCUT2D eigenvalue weighted by molar-refractivity contribution is 6.18. The lowest BCUT2D eigenvalue weighted by molar-refractivity contribution is 1.18. The number of hydrogen-bond acceptors (Lipinski definition) is 2. The molecule has 0 aliphatic heterocycles. The van der Waals surface area contributed by atoms with Gasteiger partial charge in [-0.05, 0) is 60.5 Å². The zero-order valence-corrected chi connectivity index (χ0v) is 24.8. The van der Waals surface area contributed by atoms with Gasteiger partial charge in [0.2, 0.25) is 0 Å². The molecular formula is C40H29N5. The number of rotatable bonds is 5. The third-order valence-electron chi connectivity index (χ3n) is 8.29. The lowest BCUT2D eigenvalue weighted by atomic mass is 10.1. The predicted molar refractivity (Wildman–Crippen MR) is 188 cm³/mol. The van der Waals surface area contributed by atoms with E-state index in [-0.39, 0.29) is 0 Å². The maximum Gasteiger partial charge on any atom is 0.160 e. The molecule has 0 fully saturated rings. The van der Waals surface area contributed by atoms with E-state index in [1.807, 2.05) is 67.6 Å². The zero-order valence-electron chi connectivity index (χ0n) is 24.8. The molecular weight excluding hydrogens is 550 g/mol. The molecule has 214 valence electrons. The van der Waals surface area contributed by atoms with Gasteiger partial charge in [-0.25, -0.2) is 15.0 Å². The van der Waals surface area contributed by atoms with E-state index in [0.29, 0.717) is 11.5 Å². The average Bonchev–Trinajstić information content (AvgIpc) is 3.65. The molecule has 0 N–H and O–H groups in total. The van der Waals surface area contributed by atoms with Crippen LogP contribution in [-0.2, 0) is 0 Å². The first-order chi connectivity index (χ1) is 22.2. The Morgan fingerprint density at radius 3 is 2.16 bits per heavy atom.